The Morgan fingerprint density at radius 2 is 1.61 bits per heavy atom. The zero-order valence-electron chi connectivity index (χ0n) is 22.7. The molecule has 3 aromatic carbocycles. The Morgan fingerprint density at radius 1 is 0.878 bits per heavy atom. The number of benzene rings is 3. The fraction of sp³-hybridized carbons (Fsp3) is 0.0968. The molecule has 41 heavy (non-hydrogen) atoms. The minimum Gasteiger partial charge on any atom is -0.493 e. The summed E-state index contributed by atoms with van der Waals surface area (Å²) in [5, 5.41) is 8.51. The number of ether oxygens (including phenoxy) is 2. The Hall–Kier alpha value is -5.22. The van der Waals surface area contributed by atoms with E-state index in [0.717, 1.165) is 11.3 Å². The van der Waals surface area contributed by atoms with Crippen LogP contribution in [0, 0.1) is 0 Å². The van der Waals surface area contributed by atoms with Crippen LogP contribution in [0.4, 0.5) is 5.69 Å². The highest BCUT2D eigenvalue weighted by atomic mass is 32.1. The first-order chi connectivity index (χ1) is 19.8. The second-order valence-corrected chi connectivity index (χ2v) is 9.79. The highest BCUT2D eigenvalue weighted by Crippen LogP contribution is 2.29. The average molecular weight is 569 g/mol. The van der Waals surface area contributed by atoms with Gasteiger partial charge in [0.05, 0.1) is 13.3 Å². The molecule has 4 rings (SSSR count). The van der Waals surface area contributed by atoms with E-state index in [4.69, 9.17) is 9.47 Å². The van der Waals surface area contributed by atoms with E-state index in [1.165, 1.54) is 24.7 Å². The molecule has 0 aliphatic heterocycles. The zero-order valence-corrected chi connectivity index (χ0v) is 23.5. The van der Waals surface area contributed by atoms with Crippen molar-refractivity contribution < 1.29 is 23.9 Å². The van der Waals surface area contributed by atoms with Gasteiger partial charge in [0.1, 0.15) is 10.6 Å². The number of carbonyl (C=O) groups excluding carboxylic acids is 3. The van der Waals surface area contributed by atoms with Crippen molar-refractivity contribution in [1.29, 1.82) is 0 Å². The standard InChI is InChI=1S/C31H28N4O5S/c1-35(2)24-14-11-21(12-15-24)18-25(33-29(36)23-8-5-4-6-9-23)30(37)34-32-20-22-13-16-26(27(19-22)39-3)40-31(38)28-10-7-17-41-28/h4-20H,1-3H3,(H,33,36)(H,34,37)/b25-18-,32-20-. The van der Waals surface area contributed by atoms with Crippen molar-refractivity contribution in [2.75, 3.05) is 26.1 Å². The van der Waals surface area contributed by atoms with Gasteiger partial charge in [-0.2, -0.15) is 5.10 Å². The van der Waals surface area contributed by atoms with Crippen molar-refractivity contribution in [2.45, 2.75) is 0 Å². The largest absolute Gasteiger partial charge is 0.493 e. The van der Waals surface area contributed by atoms with Gasteiger partial charge in [-0.05, 0) is 71.1 Å². The number of hydrogen-bond donors (Lipinski definition) is 2. The van der Waals surface area contributed by atoms with E-state index >= 15 is 0 Å². The van der Waals surface area contributed by atoms with Crippen LogP contribution in [0.3, 0.4) is 0 Å². The molecule has 0 aliphatic rings. The maximum absolute atomic E-state index is 13.1. The topological polar surface area (TPSA) is 109 Å². The normalized spacial score (nSPS) is 11.1. The number of hydrogen-bond acceptors (Lipinski definition) is 8. The zero-order chi connectivity index (χ0) is 29.2. The number of anilines is 1. The highest BCUT2D eigenvalue weighted by molar-refractivity contribution is 7.12. The summed E-state index contributed by atoms with van der Waals surface area (Å²) in [5.41, 5.74) is 5.17. The lowest BCUT2D eigenvalue weighted by Gasteiger charge is -2.13. The molecule has 4 aromatic rings. The van der Waals surface area contributed by atoms with Crippen LogP contribution < -0.4 is 25.1 Å². The second-order valence-electron chi connectivity index (χ2n) is 8.84. The second kappa shape index (κ2) is 13.7. The summed E-state index contributed by atoms with van der Waals surface area (Å²) in [7, 11) is 5.32. The Balaban J connectivity index is 1.49. The molecule has 0 unspecified atom stereocenters. The Labute approximate surface area is 241 Å². The van der Waals surface area contributed by atoms with Gasteiger partial charge in [0.25, 0.3) is 11.8 Å². The maximum atomic E-state index is 13.1. The third-order valence-corrected chi connectivity index (χ3v) is 6.59. The van der Waals surface area contributed by atoms with Crippen LogP contribution in [0.15, 0.2) is 101 Å². The fourth-order valence-electron chi connectivity index (χ4n) is 3.60. The molecule has 0 aliphatic carbocycles. The number of nitrogens with zero attached hydrogens (tertiary/aromatic N) is 2. The number of amides is 2. The predicted molar refractivity (Wildman–Crippen MR) is 161 cm³/mol. The summed E-state index contributed by atoms with van der Waals surface area (Å²) in [6, 6.07) is 24.4. The summed E-state index contributed by atoms with van der Waals surface area (Å²) < 4.78 is 10.8. The average Bonchev–Trinajstić information content (AvgIpc) is 3.53. The van der Waals surface area contributed by atoms with Gasteiger partial charge in [-0.1, -0.05) is 36.4 Å². The molecular formula is C31H28N4O5S. The van der Waals surface area contributed by atoms with E-state index in [-0.39, 0.29) is 11.4 Å². The first-order valence-electron chi connectivity index (χ1n) is 12.5. The first-order valence-corrected chi connectivity index (χ1v) is 13.3. The Kier molecular flexibility index (Phi) is 9.63. The van der Waals surface area contributed by atoms with Crippen molar-refractivity contribution in [3.63, 3.8) is 0 Å². The van der Waals surface area contributed by atoms with Gasteiger partial charge in [-0.25, -0.2) is 10.2 Å². The number of thiophene rings is 1. The van der Waals surface area contributed by atoms with Crippen molar-refractivity contribution >= 4 is 47.1 Å². The molecule has 1 aromatic heterocycles. The summed E-state index contributed by atoms with van der Waals surface area (Å²) in [4.78, 5) is 40.6. The molecule has 0 saturated heterocycles. The van der Waals surface area contributed by atoms with Crippen LogP contribution in [0.5, 0.6) is 11.5 Å². The van der Waals surface area contributed by atoms with Crippen LogP contribution in [0.1, 0.15) is 31.2 Å². The monoisotopic (exact) mass is 568 g/mol. The SMILES string of the molecule is COc1cc(/C=N\NC(=O)/C(=C/c2ccc(N(C)C)cc2)NC(=O)c2ccccc2)ccc1OC(=O)c1cccs1. The third kappa shape index (κ3) is 7.90. The quantitative estimate of drug-likeness (QED) is 0.0920. The van der Waals surface area contributed by atoms with Gasteiger partial charge in [-0.3, -0.25) is 9.59 Å². The lowest BCUT2D eigenvalue weighted by atomic mass is 10.1. The van der Waals surface area contributed by atoms with Gasteiger partial charge in [0, 0.05) is 25.3 Å². The van der Waals surface area contributed by atoms with E-state index in [1.807, 2.05) is 43.3 Å². The van der Waals surface area contributed by atoms with Crippen LogP contribution in [-0.4, -0.2) is 45.2 Å². The summed E-state index contributed by atoms with van der Waals surface area (Å²) in [6.07, 6.45) is 2.98. The summed E-state index contributed by atoms with van der Waals surface area (Å²) in [6.45, 7) is 0. The third-order valence-electron chi connectivity index (χ3n) is 5.74. The lowest BCUT2D eigenvalue weighted by molar-refractivity contribution is -0.117. The molecule has 9 nitrogen and oxygen atoms in total. The molecule has 0 bridgehead atoms. The lowest BCUT2D eigenvalue weighted by Crippen LogP contribution is -2.32. The van der Waals surface area contributed by atoms with E-state index in [0.29, 0.717) is 21.8 Å². The van der Waals surface area contributed by atoms with Crippen molar-refractivity contribution in [1.82, 2.24) is 10.7 Å². The molecule has 0 spiro atoms. The van der Waals surface area contributed by atoms with Crippen molar-refractivity contribution in [2.24, 2.45) is 5.10 Å². The van der Waals surface area contributed by atoms with Crippen molar-refractivity contribution in [3.05, 3.63) is 118 Å². The molecule has 10 heteroatoms. The molecule has 2 amide bonds. The minimum absolute atomic E-state index is 0.0158. The smallest absolute Gasteiger partial charge is 0.353 e. The minimum atomic E-state index is -0.615. The molecule has 0 radical (unpaired) electrons. The van der Waals surface area contributed by atoms with Gasteiger partial charge in [0.15, 0.2) is 11.5 Å². The molecular weight excluding hydrogens is 540 g/mol. The van der Waals surface area contributed by atoms with Gasteiger partial charge in [-0.15, -0.1) is 11.3 Å². The van der Waals surface area contributed by atoms with Crippen LogP contribution in [0.25, 0.3) is 6.08 Å². The maximum Gasteiger partial charge on any atom is 0.353 e. The molecule has 2 N–H and O–H groups in total. The van der Waals surface area contributed by atoms with E-state index in [2.05, 4.69) is 15.8 Å². The molecule has 0 saturated carbocycles. The molecule has 0 atom stereocenters. The number of nitrogens with one attached hydrogen (secondary N) is 2. The van der Waals surface area contributed by atoms with Gasteiger partial charge in [0.2, 0.25) is 0 Å². The number of carbonyl (C=O) groups is 3. The van der Waals surface area contributed by atoms with Crippen molar-refractivity contribution in [3.8, 4) is 11.5 Å². The number of esters is 1. The van der Waals surface area contributed by atoms with Crippen LogP contribution >= 0.6 is 11.3 Å². The molecule has 0 fully saturated rings. The molecule has 208 valence electrons. The van der Waals surface area contributed by atoms with Gasteiger partial charge >= 0.3 is 5.97 Å². The number of methoxy groups -OCH3 is 1. The first kappa shape index (κ1) is 28.8. The predicted octanol–water partition coefficient (Wildman–Crippen LogP) is 4.96. The highest BCUT2D eigenvalue weighted by Gasteiger charge is 2.15. The van der Waals surface area contributed by atoms with Gasteiger partial charge < -0.3 is 19.7 Å². The Bertz CT molecular complexity index is 1560. The van der Waals surface area contributed by atoms with E-state index < -0.39 is 17.8 Å². The van der Waals surface area contributed by atoms with Crippen LogP contribution in [0.2, 0.25) is 0 Å². The molecule has 1 heterocycles. The van der Waals surface area contributed by atoms with E-state index in [1.54, 1.807) is 72.1 Å². The number of hydrazone groups is 1. The fourth-order valence-corrected chi connectivity index (χ4v) is 4.20. The Morgan fingerprint density at radius 3 is 2.27 bits per heavy atom. The summed E-state index contributed by atoms with van der Waals surface area (Å²) >= 11 is 1.28. The number of rotatable bonds is 10. The van der Waals surface area contributed by atoms with E-state index in [9.17, 15) is 14.4 Å². The van der Waals surface area contributed by atoms with Crippen LogP contribution in [-0.2, 0) is 4.79 Å². The summed E-state index contributed by atoms with van der Waals surface area (Å²) in [5.74, 6) is -0.961.